The van der Waals surface area contributed by atoms with Crippen molar-refractivity contribution in [2.75, 3.05) is 35.2 Å². The van der Waals surface area contributed by atoms with E-state index in [2.05, 4.69) is 9.69 Å². The van der Waals surface area contributed by atoms with Crippen molar-refractivity contribution in [1.29, 1.82) is 0 Å². The first-order valence-electron chi connectivity index (χ1n) is 7.73. The van der Waals surface area contributed by atoms with Crippen molar-refractivity contribution in [3.63, 3.8) is 0 Å². The normalized spacial score (nSPS) is 10.6. The molecule has 0 spiro atoms. The van der Waals surface area contributed by atoms with E-state index in [1.54, 1.807) is 36.4 Å². The van der Waals surface area contributed by atoms with Crippen molar-refractivity contribution in [2.45, 2.75) is 0 Å². The first kappa shape index (κ1) is 23.0. The molecule has 0 radical (unpaired) electrons. The predicted molar refractivity (Wildman–Crippen MR) is 112 cm³/mol. The van der Waals surface area contributed by atoms with Gasteiger partial charge in [0.15, 0.2) is 11.4 Å². The lowest BCUT2D eigenvalue weighted by molar-refractivity contribution is 0.598. The molecule has 0 aromatic heterocycles. The van der Waals surface area contributed by atoms with Gasteiger partial charge in [0, 0.05) is 25.5 Å². The molecule has 8 nitrogen and oxygen atoms in total. The SMILES string of the molecule is [C-]#[N+]c1cccc(N(C)S(C)(=O)=O)c1.[C-]#[N+]c1cccc(N(C)S(C)(=O)=O)c1. The largest absolute Gasteiger partial charge is 0.275 e. The number of hydrogen-bond acceptors (Lipinski definition) is 4. The summed E-state index contributed by atoms with van der Waals surface area (Å²) < 4.78 is 47.0. The molecule has 2 rings (SSSR count). The van der Waals surface area contributed by atoms with E-state index in [1.807, 2.05) is 0 Å². The molecular formula is C18H20N4O4S2. The van der Waals surface area contributed by atoms with E-state index in [9.17, 15) is 16.8 Å². The lowest BCUT2D eigenvalue weighted by atomic mass is 10.3. The van der Waals surface area contributed by atoms with Crippen molar-refractivity contribution >= 4 is 42.8 Å². The van der Waals surface area contributed by atoms with Crippen LogP contribution in [-0.2, 0) is 20.0 Å². The summed E-state index contributed by atoms with van der Waals surface area (Å²) in [6.07, 6.45) is 2.25. The third-order valence-corrected chi connectivity index (χ3v) is 6.05. The molecule has 2 aromatic carbocycles. The lowest BCUT2D eigenvalue weighted by Gasteiger charge is -2.16. The van der Waals surface area contributed by atoms with Crippen molar-refractivity contribution in [3.05, 3.63) is 71.4 Å². The molecule has 0 aliphatic rings. The molecule has 0 unspecified atom stereocenters. The number of hydrogen-bond donors (Lipinski definition) is 0. The number of sulfonamides is 2. The van der Waals surface area contributed by atoms with E-state index in [0.29, 0.717) is 22.7 Å². The molecular weight excluding hydrogens is 400 g/mol. The Balaban J connectivity index is 0.000000280. The second-order valence-electron chi connectivity index (χ2n) is 5.72. The van der Waals surface area contributed by atoms with E-state index in [0.717, 1.165) is 21.1 Å². The van der Waals surface area contributed by atoms with E-state index in [1.165, 1.54) is 26.2 Å². The van der Waals surface area contributed by atoms with Gasteiger partial charge < -0.3 is 0 Å². The number of rotatable bonds is 4. The Morgan fingerprint density at radius 1 is 0.714 bits per heavy atom. The first-order valence-corrected chi connectivity index (χ1v) is 11.4. The molecule has 0 saturated heterocycles. The van der Waals surface area contributed by atoms with Crippen LogP contribution in [0, 0.1) is 13.1 Å². The molecule has 0 saturated carbocycles. The Morgan fingerprint density at radius 2 is 1.04 bits per heavy atom. The minimum absolute atomic E-state index is 0.429. The molecule has 0 N–H and O–H groups in total. The van der Waals surface area contributed by atoms with Gasteiger partial charge in [0.25, 0.3) is 0 Å². The average Bonchev–Trinajstić information content (AvgIpc) is 2.66. The Kier molecular flexibility index (Phi) is 7.56. The molecule has 10 heteroatoms. The highest BCUT2D eigenvalue weighted by Crippen LogP contribution is 2.22. The quantitative estimate of drug-likeness (QED) is 0.711. The van der Waals surface area contributed by atoms with E-state index in [4.69, 9.17) is 13.1 Å². The zero-order valence-electron chi connectivity index (χ0n) is 15.9. The predicted octanol–water partition coefficient (Wildman–Crippen LogP) is 3.27. The van der Waals surface area contributed by atoms with Crippen molar-refractivity contribution < 1.29 is 16.8 Å². The highest BCUT2D eigenvalue weighted by molar-refractivity contribution is 7.92. The van der Waals surface area contributed by atoms with Crippen LogP contribution in [0.3, 0.4) is 0 Å². The van der Waals surface area contributed by atoms with Gasteiger partial charge in [-0.15, -0.1) is 0 Å². The Morgan fingerprint density at radius 3 is 1.29 bits per heavy atom. The van der Waals surface area contributed by atoms with Gasteiger partial charge in [-0.3, -0.25) is 8.61 Å². The topological polar surface area (TPSA) is 83.5 Å². The second kappa shape index (κ2) is 9.22. The minimum atomic E-state index is -3.25. The van der Waals surface area contributed by atoms with E-state index >= 15 is 0 Å². The molecule has 0 atom stereocenters. The maximum atomic E-state index is 11.2. The fraction of sp³-hybridized carbons (Fsp3) is 0.222. The average molecular weight is 421 g/mol. The maximum absolute atomic E-state index is 11.2. The molecule has 28 heavy (non-hydrogen) atoms. The van der Waals surface area contributed by atoms with Crippen LogP contribution >= 0.6 is 0 Å². The standard InChI is InChI=1S/2C9H10N2O2S/c2*1-10-8-5-4-6-9(7-8)11(2)14(3,12)13/h2*4-7H,2-3H3. The molecule has 0 aliphatic carbocycles. The number of anilines is 2. The van der Waals surface area contributed by atoms with Gasteiger partial charge in [0.1, 0.15) is 0 Å². The van der Waals surface area contributed by atoms with Crippen LogP contribution in [0.25, 0.3) is 9.69 Å². The summed E-state index contributed by atoms with van der Waals surface area (Å²) in [5.41, 5.74) is 1.86. The Hall–Kier alpha value is -3.08. The fourth-order valence-corrected chi connectivity index (χ4v) is 2.89. The van der Waals surface area contributed by atoms with Gasteiger partial charge in [-0.2, -0.15) is 0 Å². The third kappa shape index (κ3) is 6.58. The maximum Gasteiger partial charge on any atom is 0.231 e. The van der Waals surface area contributed by atoms with E-state index < -0.39 is 20.0 Å². The van der Waals surface area contributed by atoms with Crippen LogP contribution < -0.4 is 8.61 Å². The van der Waals surface area contributed by atoms with Gasteiger partial charge in [-0.25, -0.2) is 26.5 Å². The van der Waals surface area contributed by atoms with Crippen LogP contribution in [0.5, 0.6) is 0 Å². The van der Waals surface area contributed by atoms with Gasteiger partial charge in [-0.05, 0) is 24.3 Å². The van der Waals surface area contributed by atoms with Gasteiger partial charge in [-0.1, -0.05) is 24.3 Å². The number of nitrogens with zero attached hydrogens (tertiary/aromatic N) is 4. The summed E-state index contributed by atoms with van der Waals surface area (Å²) >= 11 is 0. The molecule has 0 amide bonds. The molecule has 2 aromatic rings. The molecule has 0 fully saturated rings. The van der Waals surface area contributed by atoms with Crippen LogP contribution in [0.4, 0.5) is 22.7 Å². The van der Waals surface area contributed by atoms with Crippen LogP contribution in [0.1, 0.15) is 0 Å². The summed E-state index contributed by atoms with van der Waals surface area (Å²) in [4.78, 5) is 6.45. The van der Waals surface area contributed by atoms with Crippen molar-refractivity contribution in [3.8, 4) is 0 Å². The zero-order chi connectivity index (χ0) is 21.5. The van der Waals surface area contributed by atoms with Crippen molar-refractivity contribution in [1.82, 2.24) is 0 Å². The van der Waals surface area contributed by atoms with Crippen molar-refractivity contribution in [2.24, 2.45) is 0 Å². The monoisotopic (exact) mass is 420 g/mol. The molecule has 148 valence electrons. The molecule has 0 aliphatic heterocycles. The lowest BCUT2D eigenvalue weighted by Crippen LogP contribution is -2.24. The highest BCUT2D eigenvalue weighted by atomic mass is 32.2. The fourth-order valence-electron chi connectivity index (χ4n) is 1.90. The van der Waals surface area contributed by atoms with Gasteiger partial charge in [0.05, 0.1) is 25.7 Å². The summed E-state index contributed by atoms with van der Waals surface area (Å²) in [7, 11) is -3.59. The molecule has 0 heterocycles. The van der Waals surface area contributed by atoms with Gasteiger partial charge >= 0.3 is 0 Å². The van der Waals surface area contributed by atoms with Crippen LogP contribution in [0.15, 0.2) is 48.5 Å². The summed E-state index contributed by atoms with van der Waals surface area (Å²) in [5, 5.41) is 0. The second-order valence-corrected chi connectivity index (χ2v) is 9.75. The van der Waals surface area contributed by atoms with Crippen LogP contribution in [0.2, 0.25) is 0 Å². The minimum Gasteiger partial charge on any atom is -0.275 e. The van der Waals surface area contributed by atoms with E-state index in [-0.39, 0.29) is 0 Å². The highest BCUT2D eigenvalue weighted by Gasteiger charge is 2.12. The summed E-state index contributed by atoms with van der Waals surface area (Å²) in [5.74, 6) is 0. The Labute approximate surface area is 166 Å². The van der Waals surface area contributed by atoms with Crippen LogP contribution in [-0.4, -0.2) is 43.4 Å². The summed E-state index contributed by atoms with van der Waals surface area (Å²) in [6.45, 7) is 13.6. The molecule has 0 bridgehead atoms. The number of benzene rings is 2. The Bertz CT molecular complexity index is 1040. The smallest absolute Gasteiger partial charge is 0.231 e. The van der Waals surface area contributed by atoms with Gasteiger partial charge in [0.2, 0.25) is 20.0 Å². The summed E-state index contributed by atoms with van der Waals surface area (Å²) in [6, 6.07) is 12.9. The third-order valence-electron chi connectivity index (χ3n) is 3.64. The zero-order valence-corrected chi connectivity index (χ0v) is 17.5. The first-order chi connectivity index (χ1) is 12.9.